The van der Waals surface area contributed by atoms with Gasteiger partial charge in [-0.2, -0.15) is 0 Å². The maximum Gasteiger partial charge on any atom is 1.00 e. The molecular weight excluding hydrogens is 960 g/mol. The summed E-state index contributed by atoms with van der Waals surface area (Å²) in [4.78, 5) is 0. The van der Waals surface area contributed by atoms with Gasteiger partial charge in [0.05, 0.1) is 48.3 Å². The standard InChI is InChI=1S/C58H88O13S.Na/c1-31(35-15-16-42-52(35,10)22-19-43-55-28-45(60)57(62,68-30-55)48(3,4)41(55)20-23-56(42,43)61)12-17-46-53(11)26-33(50(7,8)71-53)24-39(69-46)32(2)36-13-14-37-34-25-40(70-72(64,65)66)47-49(5,6)58(63)44(59)27-54(47,29-67-58)38(34)18-21-51(36,37)9;/h19-20,31-33,35-37,39-40,42,44-47,59-63H,12-18,21-30H2,1-11H3,(H,64,65,66);/q;+1/p-1/t31-,32+,33-,35-,36?,37?,39-,40?,42?,44?,45?,46+,47?,51-,52-,53-,54+,55-,56?,57?,58?;/m1./s1. The van der Waals surface area contributed by atoms with Crippen molar-refractivity contribution in [3.05, 3.63) is 34.4 Å². The first-order valence-corrected chi connectivity index (χ1v) is 29.6. The van der Waals surface area contributed by atoms with Gasteiger partial charge in [0.25, 0.3) is 0 Å². The van der Waals surface area contributed by atoms with Crippen LogP contribution in [-0.4, -0.2) is 111 Å². The Labute approximate surface area is 457 Å². The molecule has 0 amide bonds. The minimum Gasteiger partial charge on any atom is -0.726 e. The molecule has 15 heteroatoms. The second-order valence-electron chi connectivity index (χ2n) is 29.0. The van der Waals surface area contributed by atoms with E-state index in [0.717, 1.165) is 81.8 Å². The third-order valence-electron chi connectivity index (χ3n) is 25.0. The van der Waals surface area contributed by atoms with Gasteiger partial charge < -0.3 is 49.0 Å². The number of ether oxygens (including phenoxy) is 4. The first kappa shape index (κ1) is 54.7. The molecule has 6 aliphatic heterocycles. The molecule has 5 N–H and O–H groups in total. The van der Waals surface area contributed by atoms with Gasteiger partial charge in [-0.25, -0.2) is 8.42 Å². The first-order chi connectivity index (χ1) is 33.3. The normalized spacial score (nSPS) is 53.3. The Kier molecular flexibility index (Phi) is 12.5. The molecule has 10 fully saturated rings. The summed E-state index contributed by atoms with van der Waals surface area (Å²) >= 11 is 0. The van der Waals surface area contributed by atoms with Crippen LogP contribution in [0.15, 0.2) is 34.4 Å². The molecule has 0 aromatic heterocycles. The van der Waals surface area contributed by atoms with Gasteiger partial charge in [0.1, 0.15) is 12.2 Å². The van der Waals surface area contributed by atoms with E-state index in [-0.39, 0.29) is 95.6 Å². The SMILES string of the molecule is C[C@H](CC[C@@H]1O[C@@H]([C@@H](C)C2CCC3C4=C(CC[C@@]32C)[C@@]23COC(O)(C(O)C2)C(C)(C)C3C(OS(=O)(=O)[O-])C4)C[C@@H]2C[C@@]1(C)OC2(C)C)[C@H]1CCC2C3(O)CC=C4C(C)(C)C5(O)OC[C@@]4(CC5O)C3=CC[C@@]21C.[Na+]. The predicted octanol–water partition coefficient (Wildman–Crippen LogP) is 5.18. The quantitative estimate of drug-likeness (QED) is 0.0923. The summed E-state index contributed by atoms with van der Waals surface area (Å²) in [6, 6.07) is 0. The molecule has 14 rings (SSSR count). The maximum absolute atomic E-state index is 13.1. The average Bonchev–Trinajstić information content (AvgIpc) is 3.86. The van der Waals surface area contributed by atoms with Crippen molar-refractivity contribution in [3.8, 4) is 0 Å². The van der Waals surface area contributed by atoms with Crippen molar-refractivity contribution in [3.63, 3.8) is 0 Å². The minimum absolute atomic E-state index is 0. The van der Waals surface area contributed by atoms with Crippen LogP contribution in [0.3, 0.4) is 0 Å². The van der Waals surface area contributed by atoms with E-state index in [1.54, 1.807) is 0 Å². The van der Waals surface area contributed by atoms with Crippen molar-refractivity contribution < 1.29 is 91.2 Å². The zero-order valence-electron chi connectivity index (χ0n) is 46.1. The van der Waals surface area contributed by atoms with Gasteiger partial charge in [0.15, 0.2) is 5.79 Å². The zero-order valence-corrected chi connectivity index (χ0v) is 48.9. The van der Waals surface area contributed by atoms with E-state index in [0.29, 0.717) is 42.9 Å². The number of allylic oxidation sites excluding steroid dienone is 1. The van der Waals surface area contributed by atoms with Crippen molar-refractivity contribution in [2.24, 2.45) is 79.8 Å². The second-order valence-corrected chi connectivity index (χ2v) is 30.0. The summed E-state index contributed by atoms with van der Waals surface area (Å²) in [6.45, 7) is 24.5. The Hall–Kier alpha value is -0.270. The molecule has 6 heterocycles. The van der Waals surface area contributed by atoms with Crippen LogP contribution in [0.25, 0.3) is 0 Å². The smallest absolute Gasteiger partial charge is 0.726 e. The molecule has 4 saturated carbocycles. The monoisotopic (exact) mass is 1050 g/mol. The van der Waals surface area contributed by atoms with Gasteiger partial charge in [-0.3, -0.25) is 4.18 Å². The molecule has 8 aliphatic carbocycles. The molecule has 2 spiro atoms. The summed E-state index contributed by atoms with van der Waals surface area (Å²) in [7, 11) is -5.08. The van der Waals surface area contributed by atoms with Crippen LogP contribution in [0.2, 0.25) is 0 Å². The van der Waals surface area contributed by atoms with Gasteiger partial charge in [0, 0.05) is 27.6 Å². The van der Waals surface area contributed by atoms with Crippen molar-refractivity contribution >= 4 is 10.4 Å². The van der Waals surface area contributed by atoms with Crippen molar-refractivity contribution in [1.82, 2.24) is 0 Å². The van der Waals surface area contributed by atoms with Gasteiger partial charge in [0.2, 0.25) is 16.2 Å². The van der Waals surface area contributed by atoms with E-state index in [1.807, 2.05) is 27.7 Å². The Morgan fingerprint density at radius 3 is 2.18 bits per heavy atom. The fourth-order valence-electron chi connectivity index (χ4n) is 21.7. The number of aliphatic hydroxyl groups excluding tert-OH is 2. The molecule has 0 radical (unpaired) electrons. The molecule has 6 bridgehead atoms. The molecule has 0 aromatic rings. The van der Waals surface area contributed by atoms with Crippen LogP contribution in [0.5, 0.6) is 0 Å². The number of aliphatic hydroxyl groups is 5. The largest absolute Gasteiger partial charge is 1.00 e. The van der Waals surface area contributed by atoms with Crippen LogP contribution in [0, 0.1) is 79.8 Å². The van der Waals surface area contributed by atoms with Crippen LogP contribution in [0.4, 0.5) is 0 Å². The summed E-state index contributed by atoms with van der Waals surface area (Å²) in [6.07, 6.45) is 12.9. The van der Waals surface area contributed by atoms with Crippen molar-refractivity contribution in [1.29, 1.82) is 0 Å². The number of fused-ring (bicyclic) bond motifs is 11. The first-order valence-electron chi connectivity index (χ1n) is 28.2. The molecule has 10 unspecified atom stereocenters. The maximum atomic E-state index is 13.1. The van der Waals surface area contributed by atoms with Crippen LogP contribution in [0.1, 0.15) is 172 Å². The third kappa shape index (κ3) is 7.03. The topological polar surface area (TPSA) is 204 Å². The van der Waals surface area contributed by atoms with Crippen molar-refractivity contribution in [2.75, 3.05) is 13.2 Å². The van der Waals surface area contributed by atoms with Crippen LogP contribution in [-0.2, 0) is 33.5 Å². The number of hydrogen-bond donors (Lipinski definition) is 5. The Morgan fingerprint density at radius 2 is 1.49 bits per heavy atom. The van der Waals surface area contributed by atoms with Gasteiger partial charge in [-0.15, -0.1) is 0 Å². The summed E-state index contributed by atoms with van der Waals surface area (Å²) < 4.78 is 70.0. The Morgan fingerprint density at radius 1 is 0.822 bits per heavy atom. The molecule has 404 valence electrons. The van der Waals surface area contributed by atoms with E-state index in [2.05, 4.69) is 60.6 Å². The minimum atomic E-state index is -5.08. The summed E-state index contributed by atoms with van der Waals surface area (Å²) in [5.74, 6) is -2.17. The Bertz CT molecular complexity index is 2510. The molecule has 73 heavy (non-hydrogen) atoms. The number of rotatable bonds is 8. The third-order valence-corrected chi connectivity index (χ3v) is 25.5. The fourth-order valence-corrected chi connectivity index (χ4v) is 22.2. The van der Waals surface area contributed by atoms with Gasteiger partial charge in [-0.05, 0) is 175 Å². The van der Waals surface area contributed by atoms with E-state index in [9.17, 15) is 38.5 Å². The summed E-state index contributed by atoms with van der Waals surface area (Å²) in [5, 5.41) is 59.3. The van der Waals surface area contributed by atoms with E-state index in [1.165, 1.54) is 11.1 Å². The Balaban J connectivity index is 0.00000574. The van der Waals surface area contributed by atoms with Crippen molar-refractivity contribution in [2.45, 2.75) is 231 Å². The van der Waals surface area contributed by atoms with Crippen LogP contribution < -0.4 is 29.6 Å². The molecule has 6 saturated heterocycles. The predicted molar refractivity (Wildman–Crippen MR) is 266 cm³/mol. The summed E-state index contributed by atoms with van der Waals surface area (Å²) in [5.41, 5.74) is -0.730. The average molecular weight is 1050 g/mol. The van der Waals surface area contributed by atoms with E-state index in [4.69, 9.17) is 23.1 Å². The number of hydrogen-bond acceptors (Lipinski definition) is 13. The van der Waals surface area contributed by atoms with Gasteiger partial charge >= 0.3 is 29.6 Å². The molecule has 0 aromatic carbocycles. The van der Waals surface area contributed by atoms with Gasteiger partial charge in [-0.1, -0.05) is 84.3 Å². The molecular formula is C58H87NaO13S. The zero-order chi connectivity index (χ0) is 51.8. The van der Waals surface area contributed by atoms with E-state index < -0.39 is 79.1 Å². The van der Waals surface area contributed by atoms with Crippen LogP contribution >= 0.6 is 0 Å². The molecule has 13 nitrogen and oxygen atoms in total. The fraction of sp³-hybridized carbons (Fsp3) is 0.897. The molecule has 14 aliphatic rings. The second kappa shape index (κ2) is 16.7. The van der Waals surface area contributed by atoms with E-state index >= 15 is 0 Å². The molecule has 21 atom stereocenters.